The molecule has 4 nitrogen and oxygen atoms in total. The third kappa shape index (κ3) is 3.72. The van der Waals surface area contributed by atoms with Crippen molar-refractivity contribution in [1.29, 1.82) is 0 Å². The summed E-state index contributed by atoms with van der Waals surface area (Å²) in [6.07, 6.45) is 2.02. The summed E-state index contributed by atoms with van der Waals surface area (Å²) in [5.41, 5.74) is -0.702. The SMILES string of the molecule is CC(C)(C)OC(=O)N1C[C@@H](CC=O)CC1(C)C. The number of ether oxygens (including phenoxy) is 1. The van der Waals surface area contributed by atoms with Crippen LogP contribution in [0.2, 0.25) is 0 Å². The van der Waals surface area contributed by atoms with Gasteiger partial charge in [-0.15, -0.1) is 0 Å². The molecule has 1 fully saturated rings. The fourth-order valence-corrected chi connectivity index (χ4v) is 2.32. The Morgan fingerprint density at radius 2 is 2.06 bits per heavy atom. The van der Waals surface area contributed by atoms with Gasteiger partial charge in [0.25, 0.3) is 0 Å². The molecule has 98 valence electrons. The standard InChI is InChI=1S/C13H23NO3/c1-12(2,3)17-11(16)14-9-10(6-7-15)8-13(14,4)5/h7,10H,6,8-9H2,1-5H3/t10-/m0/s1. The fourth-order valence-electron chi connectivity index (χ4n) is 2.32. The van der Waals surface area contributed by atoms with Crippen LogP contribution < -0.4 is 0 Å². The van der Waals surface area contributed by atoms with E-state index in [2.05, 4.69) is 0 Å². The Bertz CT molecular complexity index is 304. The van der Waals surface area contributed by atoms with Crippen molar-refractivity contribution >= 4 is 12.4 Å². The van der Waals surface area contributed by atoms with E-state index in [1.54, 1.807) is 4.90 Å². The Kier molecular flexibility index (Phi) is 3.84. The molecule has 1 amide bonds. The van der Waals surface area contributed by atoms with E-state index in [0.717, 1.165) is 12.7 Å². The maximum absolute atomic E-state index is 12.0. The van der Waals surface area contributed by atoms with Crippen LogP contribution in [0.3, 0.4) is 0 Å². The number of likely N-dealkylation sites (tertiary alicyclic amines) is 1. The molecule has 0 aliphatic carbocycles. The van der Waals surface area contributed by atoms with Gasteiger partial charge in [0.2, 0.25) is 0 Å². The zero-order chi connectivity index (χ0) is 13.3. The first-order valence-corrected chi connectivity index (χ1v) is 6.10. The molecule has 0 N–H and O–H groups in total. The minimum atomic E-state index is -0.476. The number of amides is 1. The molecule has 0 saturated carbocycles. The number of rotatable bonds is 2. The van der Waals surface area contributed by atoms with Gasteiger partial charge in [-0.1, -0.05) is 0 Å². The van der Waals surface area contributed by atoms with Gasteiger partial charge in [0.05, 0.1) is 0 Å². The van der Waals surface area contributed by atoms with Gasteiger partial charge in [0.1, 0.15) is 11.9 Å². The van der Waals surface area contributed by atoms with E-state index in [1.165, 1.54) is 0 Å². The normalized spacial score (nSPS) is 23.6. The highest BCUT2D eigenvalue weighted by atomic mass is 16.6. The molecule has 1 aliphatic heterocycles. The highest BCUT2D eigenvalue weighted by Gasteiger charge is 2.42. The van der Waals surface area contributed by atoms with E-state index in [1.807, 2.05) is 34.6 Å². The molecule has 0 aromatic heterocycles. The van der Waals surface area contributed by atoms with Crippen LogP contribution in [0, 0.1) is 5.92 Å². The lowest BCUT2D eigenvalue weighted by molar-refractivity contribution is -0.108. The first kappa shape index (κ1) is 14.0. The Balaban J connectivity index is 2.70. The van der Waals surface area contributed by atoms with E-state index >= 15 is 0 Å². The van der Waals surface area contributed by atoms with Crippen molar-refractivity contribution in [2.75, 3.05) is 6.54 Å². The fraction of sp³-hybridized carbons (Fsp3) is 0.846. The second-order valence-corrected chi connectivity index (χ2v) is 6.38. The van der Waals surface area contributed by atoms with E-state index in [0.29, 0.717) is 13.0 Å². The van der Waals surface area contributed by atoms with Crippen LogP contribution in [0.25, 0.3) is 0 Å². The average Bonchev–Trinajstić information content (AvgIpc) is 2.38. The van der Waals surface area contributed by atoms with Gasteiger partial charge in [-0.2, -0.15) is 0 Å². The molecule has 0 aromatic rings. The van der Waals surface area contributed by atoms with Gasteiger partial charge in [0.15, 0.2) is 0 Å². The van der Waals surface area contributed by atoms with Crippen LogP contribution >= 0.6 is 0 Å². The Morgan fingerprint density at radius 3 is 2.53 bits per heavy atom. The van der Waals surface area contributed by atoms with Crippen LogP contribution in [0.4, 0.5) is 4.79 Å². The minimum Gasteiger partial charge on any atom is -0.444 e. The number of hydrogen-bond acceptors (Lipinski definition) is 3. The zero-order valence-corrected chi connectivity index (χ0v) is 11.4. The lowest BCUT2D eigenvalue weighted by Gasteiger charge is -2.33. The van der Waals surface area contributed by atoms with Crippen molar-refractivity contribution < 1.29 is 14.3 Å². The van der Waals surface area contributed by atoms with Crippen LogP contribution in [0.15, 0.2) is 0 Å². The Labute approximate surface area is 103 Å². The summed E-state index contributed by atoms with van der Waals surface area (Å²) in [5, 5.41) is 0. The molecule has 17 heavy (non-hydrogen) atoms. The monoisotopic (exact) mass is 241 g/mol. The minimum absolute atomic E-state index is 0.226. The lowest BCUT2D eigenvalue weighted by Crippen LogP contribution is -2.45. The molecule has 1 aliphatic rings. The lowest BCUT2D eigenvalue weighted by atomic mass is 9.95. The third-order valence-electron chi connectivity index (χ3n) is 3.00. The predicted molar refractivity (Wildman–Crippen MR) is 65.8 cm³/mol. The third-order valence-corrected chi connectivity index (χ3v) is 3.00. The molecule has 1 saturated heterocycles. The smallest absolute Gasteiger partial charge is 0.410 e. The Hall–Kier alpha value is -1.06. The van der Waals surface area contributed by atoms with Gasteiger partial charge >= 0.3 is 6.09 Å². The molecule has 0 aromatic carbocycles. The molecule has 0 spiro atoms. The van der Waals surface area contributed by atoms with E-state index < -0.39 is 5.60 Å². The number of carbonyl (C=O) groups excluding carboxylic acids is 2. The molecule has 0 radical (unpaired) electrons. The molecule has 0 bridgehead atoms. The molecule has 4 heteroatoms. The summed E-state index contributed by atoms with van der Waals surface area (Å²) >= 11 is 0. The summed E-state index contributed by atoms with van der Waals surface area (Å²) in [4.78, 5) is 24.3. The summed E-state index contributed by atoms with van der Waals surface area (Å²) in [5.74, 6) is 0.259. The molecular weight excluding hydrogens is 218 g/mol. The van der Waals surface area contributed by atoms with Crippen LogP contribution in [0.5, 0.6) is 0 Å². The predicted octanol–water partition coefficient (Wildman–Crippen LogP) is 2.61. The van der Waals surface area contributed by atoms with Gasteiger partial charge in [0, 0.05) is 18.5 Å². The topological polar surface area (TPSA) is 46.6 Å². The van der Waals surface area contributed by atoms with Crippen molar-refractivity contribution in [3.63, 3.8) is 0 Å². The zero-order valence-electron chi connectivity index (χ0n) is 11.4. The Morgan fingerprint density at radius 1 is 1.47 bits per heavy atom. The van der Waals surface area contributed by atoms with Crippen LogP contribution in [-0.4, -0.2) is 35.0 Å². The summed E-state index contributed by atoms with van der Waals surface area (Å²) in [6.45, 7) is 10.2. The van der Waals surface area contributed by atoms with Gasteiger partial charge in [-0.05, 0) is 47.0 Å². The van der Waals surface area contributed by atoms with Gasteiger partial charge in [-0.3, -0.25) is 0 Å². The largest absolute Gasteiger partial charge is 0.444 e. The van der Waals surface area contributed by atoms with Crippen molar-refractivity contribution in [2.45, 2.75) is 58.6 Å². The van der Waals surface area contributed by atoms with E-state index in [9.17, 15) is 9.59 Å². The molecule has 1 atom stereocenters. The van der Waals surface area contributed by atoms with E-state index in [4.69, 9.17) is 4.74 Å². The summed E-state index contributed by atoms with van der Waals surface area (Å²) in [6, 6.07) is 0. The second kappa shape index (κ2) is 4.67. The molecular formula is C13H23NO3. The van der Waals surface area contributed by atoms with Crippen molar-refractivity contribution in [3.8, 4) is 0 Å². The highest BCUT2D eigenvalue weighted by molar-refractivity contribution is 5.69. The average molecular weight is 241 g/mol. The summed E-state index contributed by atoms with van der Waals surface area (Å²) < 4.78 is 5.38. The number of hydrogen-bond donors (Lipinski definition) is 0. The van der Waals surface area contributed by atoms with Gasteiger partial charge < -0.3 is 14.4 Å². The maximum Gasteiger partial charge on any atom is 0.410 e. The highest BCUT2D eigenvalue weighted by Crippen LogP contribution is 2.34. The number of aldehydes is 1. The van der Waals surface area contributed by atoms with Crippen molar-refractivity contribution in [3.05, 3.63) is 0 Å². The quantitative estimate of drug-likeness (QED) is 0.698. The second-order valence-electron chi connectivity index (χ2n) is 6.38. The van der Waals surface area contributed by atoms with E-state index in [-0.39, 0.29) is 17.6 Å². The summed E-state index contributed by atoms with van der Waals surface area (Å²) in [7, 11) is 0. The number of carbonyl (C=O) groups is 2. The first-order valence-electron chi connectivity index (χ1n) is 6.10. The van der Waals surface area contributed by atoms with Crippen molar-refractivity contribution in [2.24, 2.45) is 5.92 Å². The first-order chi connectivity index (χ1) is 7.65. The van der Waals surface area contributed by atoms with Crippen LogP contribution in [-0.2, 0) is 9.53 Å². The van der Waals surface area contributed by atoms with Crippen LogP contribution in [0.1, 0.15) is 47.5 Å². The molecule has 0 unspecified atom stereocenters. The molecule has 1 rings (SSSR count). The maximum atomic E-state index is 12.0. The van der Waals surface area contributed by atoms with Gasteiger partial charge in [-0.25, -0.2) is 4.79 Å². The van der Waals surface area contributed by atoms with Crippen molar-refractivity contribution in [1.82, 2.24) is 4.90 Å². The molecule has 1 heterocycles. The number of nitrogens with zero attached hydrogens (tertiary/aromatic N) is 1.